The number of amides is 2. The van der Waals surface area contributed by atoms with Gasteiger partial charge >= 0.3 is 10.2 Å². The highest BCUT2D eigenvalue weighted by Gasteiger charge is 2.33. The lowest BCUT2D eigenvalue weighted by Gasteiger charge is -2.34. The third-order valence-corrected chi connectivity index (χ3v) is 7.76. The molecule has 1 N–H and O–H groups in total. The molecule has 0 aromatic heterocycles. The van der Waals surface area contributed by atoms with Crippen LogP contribution in [0, 0.1) is 0 Å². The Bertz CT molecular complexity index is 1110. The van der Waals surface area contributed by atoms with Gasteiger partial charge in [0.2, 0.25) is 11.8 Å². The van der Waals surface area contributed by atoms with Gasteiger partial charge in [0.25, 0.3) is 0 Å². The van der Waals surface area contributed by atoms with Gasteiger partial charge in [-0.15, -0.1) is 0 Å². The molecule has 2 amide bonds. The second-order valence-electron chi connectivity index (χ2n) is 8.10. The summed E-state index contributed by atoms with van der Waals surface area (Å²) in [5.41, 5.74) is 0.926. The molecule has 0 bridgehead atoms. The molecule has 0 aliphatic heterocycles. The lowest BCUT2D eigenvalue weighted by molar-refractivity contribution is -0.140. The van der Waals surface area contributed by atoms with Crippen molar-refractivity contribution in [2.75, 3.05) is 31.5 Å². The molecule has 2 rings (SSSR count). The second kappa shape index (κ2) is 13.1. The average molecular weight is 544 g/mol. The maximum Gasteiger partial charge on any atom is 0.304 e. The van der Waals surface area contributed by atoms with Gasteiger partial charge in [0, 0.05) is 37.2 Å². The van der Waals surface area contributed by atoms with Gasteiger partial charge < -0.3 is 10.2 Å². The fourth-order valence-electron chi connectivity index (χ4n) is 3.43. The monoisotopic (exact) mass is 542 g/mol. The van der Waals surface area contributed by atoms with Gasteiger partial charge in [0.05, 0.1) is 5.69 Å². The molecule has 0 heterocycles. The van der Waals surface area contributed by atoms with Crippen LogP contribution < -0.4 is 9.62 Å². The first-order chi connectivity index (χ1) is 16.5. The van der Waals surface area contributed by atoms with Crippen molar-refractivity contribution in [1.82, 2.24) is 14.5 Å². The van der Waals surface area contributed by atoms with E-state index in [4.69, 9.17) is 23.2 Å². The lowest BCUT2D eigenvalue weighted by atomic mass is 10.1. The molecule has 0 saturated heterocycles. The molecule has 0 radical (unpaired) electrons. The van der Waals surface area contributed by atoms with Crippen molar-refractivity contribution in [1.29, 1.82) is 0 Å². The molecular formula is C24H32Cl2N4O4S. The van der Waals surface area contributed by atoms with Crippen LogP contribution in [-0.2, 0) is 26.3 Å². The number of carbonyl (C=O) groups is 2. The minimum atomic E-state index is -4.00. The number of benzene rings is 2. The molecule has 192 valence electrons. The van der Waals surface area contributed by atoms with Gasteiger partial charge in [-0.2, -0.15) is 12.7 Å². The quantitative estimate of drug-likeness (QED) is 0.439. The Morgan fingerprint density at radius 1 is 1.03 bits per heavy atom. The Morgan fingerprint density at radius 2 is 1.69 bits per heavy atom. The zero-order chi connectivity index (χ0) is 26.2. The molecule has 0 aliphatic rings. The van der Waals surface area contributed by atoms with Gasteiger partial charge in [-0.05, 0) is 42.7 Å². The first-order valence-electron chi connectivity index (χ1n) is 11.3. The van der Waals surface area contributed by atoms with Gasteiger partial charge in [-0.25, -0.2) is 4.31 Å². The fraction of sp³-hybridized carbons (Fsp3) is 0.417. The highest BCUT2D eigenvalue weighted by atomic mass is 35.5. The van der Waals surface area contributed by atoms with Crippen LogP contribution in [0.5, 0.6) is 0 Å². The standard InChI is InChI=1S/C24H32Cl2N4O4S/c1-5-14-27-24(32)22(6-2)29(16-18-12-13-19(25)15-21(18)26)23(31)17-30(35(33,34)28(3)4)20-10-8-7-9-11-20/h7-13,15,22H,5-6,14,16-17H2,1-4H3,(H,27,32)/t22-/m0/s1. The van der Waals surface area contributed by atoms with Crippen LogP contribution in [0.15, 0.2) is 48.5 Å². The van der Waals surface area contributed by atoms with Crippen LogP contribution in [-0.4, -0.2) is 62.7 Å². The van der Waals surface area contributed by atoms with Crippen LogP contribution in [0.25, 0.3) is 0 Å². The molecule has 35 heavy (non-hydrogen) atoms. The number of halogens is 2. The van der Waals surface area contributed by atoms with Gasteiger partial charge in [-0.3, -0.25) is 9.59 Å². The predicted octanol–water partition coefficient (Wildman–Crippen LogP) is 3.94. The van der Waals surface area contributed by atoms with E-state index in [1.165, 1.54) is 19.0 Å². The number of anilines is 1. The lowest BCUT2D eigenvalue weighted by Crippen LogP contribution is -2.53. The number of hydrogen-bond donors (Lipinski definition) is 1. The number of para-hydroxylation sites is 1. The SMILES string of the molecule is CCCNC(=O)[C@H](CC)N(Cc1ccc(Cl)cc1Cl)C(=O)CN(c1ccccc1)S(=O)(=O)N(C)C. The van der Waals surface area contributed by atoms with E-state index in [0.717, 1.165) is 15.0 Å². The average Bonchev–Trinajstić information content (AvgIpc) is 2.82. The summed E-state index contributed by atoms with van der Waals surface area (Å²) < 4.78 is 28.3. The minimum Gasteiger partial charge on any atom is -0.354 e. The summed E-state index contributed by atoms with van der Waals surface area (Å²) in [5, 5.41) is 3.62. The summed E-state index contributed by atoms with van der Waals surface area (Å²) >= 11 is 12.4. The van der Waals surface area contributed by atoms with E-state index >= 15 is 0 Å². The Labute approximate surface area is 218 Å². The zero-order valence-electron chi connectivity index (χ0n) is 20.4. The number of hydrogen-bond acceptors (Lipinski definition) is 4. The number of nitrogens with zero attached hydrogens (tertiary/aromatic N) is 3. The molecule has 1 atom stereocenters. The summed E-state index contributed by atoms with van der Waals surface area (Å²) in [6, 6.07) is 12.4. The predicted molar refractivity (Wildman–Crippen MR) is 141 cm³/mol. The molecule has 2 aromatic carbocycles. The van der Waals surface area contributed by atoms with Crippen molar-refractivity contribution in [3.63, 3.8) is 0 Å². The van der Waals surface area contributed by atoms with Crippen molar-refractivity contribution in [2.45, 2.75) is 39.3 Å². The highest BCUT2D eigenvalue weighted by Crippen LogP contribution is 2.25. The molecule has 0 spiro atoms. The highest BCUT2D eigenvalue weighted by molar-refractivity contribution is 7.90. The van der Waals surface area contributed by atoms with Crippen LogP contribution in [0.4, 0.5) is 5.69 Å². The second-order valence-corrected chi connectivity index (χ2v) is 11.0. The molecule has 0 fully saturated rings. The molecule has 11 heteroatoms. The summed E-state index contributed by atoms with van der Waals surface area (Å²) in [6.45, 7) is 3.71. The number of rotatable bonds is 12. The van der Waals surface area contributed by atoms with Crippen molar-refractivity contribution >= 4 is 50.9 Å². The molecular weight excluding hydrogens is 511 g/mol. The Kier molecular flexibility index (Phi) is 10.8. The summed E-state index contributed by atoms with van der Waals surface area (Å²) in [6.07, 6.45) is 1.07. The van der Waals surface area contributed by atoms with Crippen LogP contribution in [0.3, 0.4) is 0 Å². The van der Waals surface area contributed by atoms with Crippen molar-refractivity contribution in [3.05, 3.63) is 64.1 Å². The van der Waals surface area contributed by atoms with Gasteiger partial charge in [0.1, 0.15) is 12.6 Å². The van der Waals surface area contributed by atoms with E-state index in [0.29, 0.717) is 34.3 Å². The maximum absolute atomic E-state index is 13.7. The summed E-state index contributed by atoms with van der Waals surface area (Å²) in [4.78, 5) is 28.1. The molecule has 8 nitrogen and oxygen atoms in total. The van der Waals surface area contributed by atoms with Gasteiger partial charge in [0.15, 0.2) is 0 Å². The van der Waals surface area contributed by atoms with Crippen LogP contribution >= 0.6 is 23.2 Å². The Balaban J connectivity index is 2.49. The van der Waals surface area contributed by atoms with E-state index in [2.05, 4.69) is 5.32 Å². The largest absolute Gasteiger partial charge is 0.354 e. The molecule has 0 unspecified atom stereocenters. The number of nitrogens with one attached hydrogen (secondary N) is 1. The van der Waals surface area contributed by atoms with E-state index in [1.807, 2.05) is 6.92 Å². The first kappa shape index (κ1) is 28.9. The molecule has 2 aromatic rings. The molecule has 0 saturated carbocycles. The van der Waals surface area contributed by atoms with Crippen molar-refractivity contribution in [3.8, 4) is 0 Å². The summed E-state index contributed by atoms with van der Waals surface area (Å²) in [5.74, 6) is -0.849. The third kappa shape index (κ3) is 7.57. The normalized spacial score (nSPS) is 12.3. The van der Waals surface area contributed by atoms with Crippen LogP contribution in [0.1, 0.15) is 32.3 Å². The van der Waals surface area contributed by atoms with E-state index in [-0.39, 0.29) is 12.5 Å². The summed E-state index contributed by atoms with van der Waals surface area (Å²) in [7, 11) is -1.21. The topological polar surface area (TPSA) is 90.0 Å². The first-order valence-corrected chi connectivity index (χ1v) is 13.4. The maximum atomic E-state index is 13.7. The van der Waals surface area contributed by atoms with Crippen LogP contribution in [0.2, 0.25) is 10.0 Å². The Morgan fingerprint density at radius 3 is 2.23 bits per heavy atom. The molecule has 0 aliphatic carbocycles. The smallest absolute Gasteiger partial charge is 0.304 e. The minimum absolute atomic E-state index is 0.0114. The van der Waals surface area contributed by atoms with E-state index in [1.54, 1.807) is 55.5 Å². The third-order valence-electron chi connectivity index (χ3n) is 5.35. The van der Waals surface area contributed by atoms with Crippen molar-refractivity contribution < 1.29 is 18.0 Å². The number of carbonyl (C=O) groups excluding carboxylic acids is 2. The van der Waals surface area contributed by atoms with Gasteiger partial charge in [-0.1, -0.05) is 61.3 Å². The van der Waals surface area contributed by atoms with Crippen molar-refractivity contribution in [2.24, 2.45) is 0 Å². The Hall–Kier alpha value is -2.33. The zero-order valence-corrected chi connectivity index (χ0v) is 22.7. The van der Waals surface area contributed by atoms with E-state index < -0.39 is 28.7 Å². The van der Waals surface area contributed by atoms with E-state index in [9.17, 15) is 18.0 Å². The fourth-order valence-corrected chi connectivity index (χ4v) is 4.95.